The topological polar surface area (TPSA) is 119 Å². The van der Waals surface area contributed by atoms with Crippen LogP contribution in [0.15, 0.2) is 47.4 Å². The van der Waals surface area contributed by atoms with Gasteiger partial charge in [0, 0.05) is 11.8 Å². The third-order valence-corrected chi connectivity index (χ3v) is 3.29. The molecule has 0 fully saturated rings. The van der Waals surface area contributed by atoms with Gasteiger partial charge in [-0.25, -0.2) is 0 Å². The molecule has 0 bridgehead atoms. The van der Waals surface area contributed by atoms with E-state index in [1.54, 1.807) is 24.3 Å². The van der Waals surface area contributed by atoms with Crippen LogP contribution in [0, 0.1) is 0 Å². The highest BCUT2D eigenvalue weighted by Gasteiger charge is 2.15. The third kappa shape index (κ3) is 6.55. The fourth-order valence-electron chi connectivity index (χ4n) is 1.47. The zero-order valence-electron chi connectivity index (χ0n) is 13.2. The van der Waals surface area contributed by atoms with Crippen LogP contribution in [0.4, 0.5) is 11.4 Å². The quantitative estimate of drug-likeness (QED) is 0.578. The second-order valence-electron chi connectivity index (χ2n) is 5.19. The van der Waals surface area contributed by atoms with Crippen LogP contribution in [0.25, 0.3) is 0 Å². The summed E-state index contributed by atoms with van der Waals surface area (Å²) in [5, 5.41) is 0. The van der Waals surface area contributed by atoms with Gasteiger partial charge < -0.3 is 21.1 Å². The molecule has 7 nitrogen and oxygen atoms in total. The van der Waals surface area contributed by atoms with E-state index in [9.17, 15) is 8.42 Å². The van der Waals surface area contributed by atoms with E-state index in [0.29, 0.717) is 11.4 Å². The van der Waals surface area contributed by atoms with Gasteiger partial charge in [0.1, 0.15) is 16.4 Å². The molecule has 0 amide bonds. The average molecular weight is 339 g/mol. The van der Waals surface area contributed by atoms with Gasteiger partial charge in [0.15, 0.2) is 0 Å². The van der Waals surface area contributed by atoms with Crippen LogP contribution < -0.4 is 16.2 Å². The van der Waals surface area contributed by atoms with Crippen LogP contribution in [0.5, 0.6) is 11.5 Å². The Kier molecular flexibility index (Phi) is 6.38. The van der Waals surface area contributed by atoms with E-state index in [1.807, 2.05) is 26.0 Å². The Hall–Kier alpha value is -2.29. The van der Waals surface area contributed by atoms with Crippen molar-refractivity contribution in [3.8, 4) is 11.5 Å². The Morgan fingerprint density at radius 3 is 1.91 bits per heavy atom. The van der Waals surface area contributed by atoms with E-state index in [0.717, 1.165) is 6.07 Å². The third-order valence-electron chi connectivity index (χ3n) is 2.38. The fraction of sp³-hybridized carbons (Fsp3) is 0.200. The molecular formula is C15H21N3O4S. The first-order valence-electron chi connectivity index (χ1n) is 6.61. The normalized spacial score (nSPS) is 10.8. The summed E-state index contributed by atoms with van der Waals surface area (Å²) in [5.41, 5.74) is 11.6. The molecule has 0 radical (unpaired) electrons. The van der Waals surface area contributed by atoms with Gasteiger partial charge in [0.25, 0.3) is 10.1 Å². The van der Waals surface area contributed by atoms with Crippen molar-refractivity contribution in [1.82, 2.24) is 4.90 Å². The zero-order chi connectivity index (χ0) is 17.6. The first-order valence-corrected chi connectivity index (χ1v) is 8.05. The van der Waals surface area contributed by atoms with Crippen molar-refractivity contribution in [2.24, 2.45) is 0 Å². The first-order chi connectivity index (χ1) is 10.6. The van der Waals surface area contributed by atoms with Crippen LogP contribution in [-0.2, 0) is 10.1 Å². The molecule has 23 heavy (non-hydrogen) atoms. The van der Waals surface area contributed by atoms with Gasteiger partial charge >= 0.3 is 0 Å². The molecule has 2 aromatic carbocycles. The number of nitrogens with two attached hydrogens (primary N) is 2. The van der Waals surface area contributed by atoms with E-state index >= 15 is 0 Å². The average Bonchev–Trinajstić information content (AvgIpc) is 2.41. The monoisotopic (exact) mass is 339 g/mol. The van der Waals surface area contributed by atoms with Crippen LogP contribution >= 0.6 is 0 Å². The molecule has 0 atom stereocenters. The molecule has 0 aliphatic heterocycles. The molecule has 0 aliphatic carbocycles. The minimum Gasteiger partial charge on any atom is -0.457 e. The molecule has 0 aromatic heterocycles. The second kappa shape index (κ2) is 7.82. The molecule has 0 aliphatic rings. The lowest BCUT2D eigenvalue weighted by Gasteiger charge is -2.08. The molecule has 2 rings (SSSR count). The van der Waals surface area contributed by atoms with Crippen LogP contribution in [0.2, 0.25) is 0 Å². The lowest BCUT2D eigenvalue weighted by molar-refractivity contribution is 0.472. The molecular weight excluding hydrogens is 318 g/mol. The Bertz CT molecular complexity index is 741. The maximum atomic E-state index is 11.1. The van der Waals surface area contributed by atoms with E-state index in [2.05, 4.69) is 0 Å². The minimum absolute atomic E-state index is 0.0489. The fourth-order valence-corrected chi connectivity index (χ4v) is 2.10. The first kappa shape index (κ1) is 18.8. The van der Waals surface area contributed by atoms with E-state index in [1.165, 1.54) is 12.1 Å². The van der Waals surface area contributed by atoms with Crippen LogP contribution in [-0.4, -0.2) is 39.0 Å². The maximum Gasteiger partial charge on any atom is 0.296 e. The number of rotatable bonds is 3. The van der Waals surface area contributed by atoms with Crippen molar-refractivity contribution >= 4 is 21.5 Å². The Balaban J connectivity index is 0.000000593. The van der Waals surface area contributed by atoms with Gasteiger partial charge in [-0.2, -0.15) is 8.42 Å². The number of anilines is 2. The van der Waals surface area contributed by atoms with Crippen molar-refractivity contribution in [3.63, 3.8) is 0 Å². The highest BCUT2D eigenvalue weighted by atomic mass is 32.2. The molecule has 0 unspecified atom stereocenters. The summed E-state index contributed by atoms with van der Waals surface area (Å²) in [6.45, 7) is 0. The van der Waals surface area contributed by atoms with Crippen molar-refractivity contribution in [2.75, 3.05) is 32.6 Å². The number of nitrogen functional groups attached to an aromatic ring is 2. The SMILES string of the molecule is CN(C)C.Nc1ccc(Oc2ccc(N)c(S(=O)(=O)O)c2)cc1. The van der Waals surface area contributed by atoms with E-state index in [4.69, 9.17) is 20.8 Å². The van der Waals surface area contributed by atoms with E-state index in [-0.39, 0.29) is 16.3 Å². The summed E-state index contributed by atoms with van der Waals surface area (Å²) < 4.78 is 36.7. The van der Waals surface area contributed by atoms with Crippen molar-refractivity contribution < 1.29 is 17.7 Å². The lowest BCUT2D eigenvalue weighted by atomic mass is 10.3. The molecule has 0 spiro atoms. The smallest absolute Gasteiger partial charge is 0.296 e. The summed E-state index contributed by atoms with van der Waals surface area (Å²) in [5.74, 6) is 0.729. The van der Waals surface area contributed by atoms with E-state index < -0.39 is 10.1 Å². The number of hydrogen-bond donors (Lipinski definition) is 3. The standard InChI is InChI=1S/C12H12N2O4S.C3H9N/c13-8-1-3-9(4-2-8)18-10-5-6-11(14)12(7-10)19(15,16)17;1-4(2)3/h1-7H,13-14H2,(H,15,16,17);1-3H3. The highest BCUT2D eigenvalue weighted by molar-refractivity contribution is 7.86. The van der Waals surface area contributed by atoms with Gasteiger partial charge in [0.05, 0.1) is 5.69 Å². The predicted molar refractivity (Wildman–Crippen MR) is 91.2 cm³/mol. The summed E-state index contributed by atoms with van der Waals surface area (Å²) in [6, 6.07) is 10.6. The lowest BCUT2D eigenvalue weighted by Crippen LogP contribution is -2.03. The molecule has 5 N–H and O–H groups in total. The number of hydrogen-bond acceptors (Lipinski definition) is 6. The Labute approximate surface area is 136 Å². The van der Waals surface area contributed by atoms with Gasteiger partial charge in [-0.05, 0) is 57.5 Å². The number of benzene rings is 2. The molecule has 126 valence electrons. The summed E-state index contributed by atoms with van der Waals surface area (Å²) in [4.78, 5) is 1.61. The van der Waals surface area contributed by atoms with Crippen molar-refractivity contribution in [3.05, 3.63) is 42.5 Å². The second-order valence-corrected chi connectivity index (χ2v) is 6.58. The van der Waals surface area contributed by atoms with Gasteiger partial charge in [-0.3, -0.25) is 4.55 Å². The minimum atomic E-state index is -4.38. The largest absolute Gasteiger partial charge is 0.457 e. The summed E-state index contributed by atoms with van der Waals surface area (Å²) in [6.07, 6.45) is 0. The van der Waals surface area contributed by atoms with Gasteiger partial charge in [-0.15, -0.1) is 0 Å². The molecule has 2 aromatic rings. The van der Waals surface area contributed by atoms with Gasteiger partial charge in [-0.1, -0.05) is 0 Å². The van der Waals surface area contributed by atoms with Gasteiger partial charge in [0.2, 0.25) is 0 Å². The molecule has 0 heterocycles. The summed E-state index contributed by atoms with van der Waals surface area (Å²) in [7, 11) is 1.62. The van der Waals surface area contributed by atoms with Crippen LogP contribution in [0.3, 0.4) is 0 Å². The van der Waals surface area contributed by atoms with Crippen LogP contribution in [0.1, 0.15) is 0 Å². The van der Waals surface area contributed by atoms with Crippen molar-refractivity contribution in [2.45, 2.75) is 4.90 Å². The Morgan fingerprint density at radius 1 is 0.957 bits per heavy atom. The zero-order valence-corrected chi connectivity index (χ0v) is 14.0. The summed E-state index contributed by atoms with van der Waals surface area (Å²) >= 11 is 0. The molecule has 8 heteroatoms. The molecule has 0 saturated carbocycles. The predicted octanol–water partition coefficient (Wildman–Crippen LogP) is 2.07. The molecule has 0 saturated heterocycles. The van der Waals surface area contributed by atoms with Crippen molar-refractivity contribution in [1.29, 1.82) is 0 Å². The maximum absolute atomic E-state index is 11.1. The number of nitrogens with zero attached hydrogens (tertiary/aromatic N) is 1. The highest BCUT2D eigenvalue weighted by Crippen LogP contribution is 2.28. The number of ether oxygens (including phenoxy) is 1. The Morgan fingerprint density at radius 2 is 1.43 bits per heavy atom.